The maximum absolute atomic E-state index is 9.37. The van der Waals surface area contributed by atoms with E-state index >= 15 is 0 Å². The summed E-state index contributed by atoms with van der Waals surface area (Å²) in [6, 6.07) is 14.5. The number of ether oxygens (including phenoxy) is 1. The number of aryl methyl sites for hydroxylation is 1. The molecule has 0 bridgehead atoms. The zero-order chi connectivity index (χ0) is 21.6. The van der Waals surface area contributed by atoms with Gasteiger partial charge >= 0.3 is 0 Å². The summed E-state index contributed by atoms with van der Waals surface area (Å²) in [6.45, 7) is 3.72. The van der Waals surface area contributed by atoms with Crippen LogP contribution < -0.4 is 5.32 Å². The van der Waals surface area contributed by atoms with Crippen LogP contribution in [0.15, 0.2) is 61.3 Å². The Labute approximate surface area is 180 Å². The maximum atomic E-state index is 9.37. The number of rotatable bonds is 5. The molecule has 2 atom stereocenters. The van der Waals surface area contributed by atoms with Gasteiger partial charge in [0.05, 0.1) is 35.4 Å². The van der Waals surface area contributed by atoms with Gasteiger partial charge < -0.3 is 14.6 Å². The molecule has 1 aromatic carbocycles. The molecule has 0 aliphatic carbocycles. The molecule has 0 radical (unpaired) electrons. The molecule has 1 aliphatic rings. The molecule has 4 heterocycles. The molecule has 2 unspecified atom stereocenters. The van der Waals surface area contributed by atoms with Crippen molar-refractivity contribution in [2.24, 2.45) is 7.05 Å². The molecule has 3 aromatic heterocycles. The van der Waals surface area contributed by atoms with E-state index in [9.17, 15) is 5.26 Å². The van der Waals surface area contributed by atoms with E-state index in [-0.39, 0.29) is 12.3 Å². The van der Waals surface area contributed by atoms with Crippen LogP contribution in [0.4, 0.5) is 5.82 Å². The van der Waals surface area contributed by atoms with E-state index in [4.69, 9.17) is 4.74 Å². The molecule has 0 saturated carbocycles. The highest BCUT2D eigenvalue weighted by molar-refractivity contribution is 5.88. The van der Waals surface area contributed by atoms with Crippen LogP contribution in [0, 0.1) is 11.3 Å². The van der Waals surface area contributed by atoms with Gasteiger partial charge in [-0.2, -0.15) is 5.26 Å². The van der Waals surface area contributed by atoms with Crippen LogP contribution in [-0.4, -0.2) is 25.7 Å². The first kappa shape index (κ1) is 19.2. The fourth-order valence-corrected chi connectivity index (χ4v) is 3.66. The molecule has 154 valence electrons. The first-order valence-electron chi connectivity index (χ1n) is 10.1. The van der Waals surface area contributed by atoms with E-state index < -0.39 is 5.41 Å². The van der Waals surface area contributed by atoms with Gasteiger partial charge in [0.25, 0.3) is 0 Å². The number of anilines is 1. The van der Waals surface area contributed by atoms with Crippen molar-refractivity contribution >= 4 is 16.6 Å². The number of fused-ring (bicyclic) bond motifs is 1. The Morgan fingerprint density at radius 1 is 1.10 bits per heavy atom. The van der Waals surface area contributed by atoms with Crippen molar-refractivity contribution in [2.75, 3.05) is 5.32 Å². The van der Waals surface area contributed by atoms with Crippen LogP contribution >= 0.6 is 0 Å². The van der Waals surface area contributed by atoms with Crippen molar-refractivity contribution in [3.8, 4) is 17.3 Å². The van der Waals surface area contributed by atoms with Gasteiger partial charge in [0, 0.05) is 30.4 Å². The predicted octanol–water partition coefficient (Wildman–Crippen LogP) is 4.34. The molecular formula is C24H22N6O. The smallest absolute Gasteiger partial charge is 0.160 e. The highest BCUT2D eigenvalue weighted by Gasteiger charge is 2.41. The normalized spacial score (nSPS) is 18.0. The second-order valence-corrected chi connectivity index (χ2v) is 8.35. The Balaban J connectivity index is 1.36. The number of hydrogen-bond acceptors (Lipinski definition) is 6. The van der Waals surface area contributed by atoms with Crippen molar-refractivity contribution < 1.29 is 4.74 Å². The van der Waals surface area contributed by atoms with Crippen molar-refractivity contribution in [2.45, 2.75) is 31.6 Å². The number of nitriles is 1. The minimum atomic E-state index is -0.640. The Morgan fingerprint density at radius 2 is 1.97 bits per heavy atom. The lowest BCUT2D eigenvalue weighted by Gasteiger charge is -2.14. The average Bonchev–Trinajstić information content (AvgIpc) is 3.42. The zero-order valence-corrected chi connectivity index (χ0v) is 17.6. The number of nitrogens with one attached hydrogen (secondary N) is 1. The number of benzene rings is 1. The van der Waals surface area contributed by atoms with E-state index in [0.717, 1.165) is 39.1 Å². The third-order valence-corrected chi connectivity index (χ3v) is 5.65. The number of epoxide rings is 1. The van der Waals surface area contributed by atoms with Crippen LogP contribution in [-0.2, 0) is 17.2 Å². The number of hydrogen-bond donors (Lipinski definition) is 1. The largest absolute Gasteiger partial charge is 0.343 e. The second kappa shape index (κ2) is 7.18. The molecule has 0 amide bonds. The summed E-state index contributed by atoms with van der Waals surface area (Å²) in [4.78, 5) is 13.1. The molecule has 1 fully saturated rings. The van der Waals surface area contributed by atoms with E-state index in [2.05, 4.69) is 44.5 Å². The molecule has 4 aromatic rings. The van der Waals surface area contributed by atoms with Crippen molar-refractivity contribution in [1.82, 2.24) is 19.5 Å². The van der Waals surface area contributed by atoms with Crippen LogP contribution in [0.2, 0.25) is 0 Å². The van der Waals surface area contributed by atoms with E-state index in [1.54, 1.807) is 12.5 Å². The average molecular weight is 410 g/mol. The zero-order valence-electron chi connectivity index (χ0n) is 17.6. The number of aromatic nitrogens is 4. The summed E-state index contributed by atoms with van der Waals surface area (Å²) < 4.78 is 7.85. The molecule has 5 rings (SSSR count). The summed E-state index contributed by atoms with van der Waals surface area (Å²) in [5.41, 5.74) is 3.28. The van der Waals surface area contributed by atoms with Crippen LogP contribution in [0.3, 0.4) is 0 Å². The summed E-state index contributed by atoms with van der Waals surface area (Å²) >= 11 is 0. The van der Waals surface area contributed by atoms with Gasteiger partial charge in [-0.25, -0.2) is 9.97 Å². The number of nitrogens with zero attached hydrogens (tertiary/aromatic N) is 5. The quantitative estimate of drug-likeness (QED) is 0.492. The van der Waals surface area contributed by atoms with E-state index in [1.807, 2.05) is 56.1 Å². The van der Waals surface area contributed by atoms with E-state index in [0.29, 0.717) is 0 Å². The van der Waals surface area contributed by atoms with Gasteiger partial charge in [0.2, 0.25) is 0 Å². The summed E-state index contributed by atoms with van der Waals surface area (Å²) in [5.74, 6) is 0.758. The monoisotopic (exact) mass is 410 g/mol. The Kier molecular flexibility index (Phi) is 4.45. The van der Waals surface area contributed by atoms with Crippen LogP contribution in [0.1, 0.15) is 31.2 Å². The van der Waals surface area contributed by atoms with Gasteiger partial charge in [-0.15, -0.1) is 0 Å². The lowest BCUT2D eigenvalue weighted by atomic mass is 9.90. The molecule has 1 aliphatic heterocycles. The van der Waals surface area contributed by atoms with Gasteiger partial charge in [0.1, 0.15) is 11.9 Å². The lowest BCUT2D eigenvalue weighted by Crippen LogP contribution is -2.16. The predicted molar refractivity (Wildman–Crippen MR) is 118 cm³/mol. The third-order valence-electron chi connectivity index (χ3n) is 5.65. The topological polar surface area (TPSA) is 91.9 Å². The lowest BCUT2D eigenvalue weighted by molar-refractivity contribution is 0.385. The Morgan fingerprint density at radius 3 is 2.74 bits per heavy atom. The highest BCUT2D eigenvalue weighted by atomic mass is 16.6. The minimum absolute atomic E-state index is 0.0884. The van der Waals surface area contributed by atoms with Gasteiger partial charge in [-0.05, 0) is 49.1 Å². The van der Waals surface area contributed by atoms with Gasteiger partial charge in [-0.1, -0.05) is 12.1 Å². The van der Waals surface area contributed by atoms with Crippen LogP contribution in [0.5, 0.6) is 0 Å². The minimum Gasteiger partial charge on any atom is -0.343 e. The molecular weight excluding hydrogens is 388 g/mol. The van der Waals surface area contributed by atoms with Gasteiger partial charge in [-0.3, -0.25) is 4.98 Å². The molecule has 7 heteroatoms. The van der Waals surface area contributed by atoms with E-state index in [1.165, 1.54) is 0 Å². The van der Waals surface area contributed by atoms with Crippen molar-refractivity contribution in [3.63, 3.8) is 0 Å². The molecule has 1 N–H and O–H groups in total. The Bertz CT molecular complexity index is 1320. The van der Waals surface area contributed by atoms with Crippen molar-refractivity contribution in [3.05, 3.63) is 72.6 Å². The summed E-state index contributed by atoms with van der Waals surface area (Å²) in [6.07, 6.45) is 7.01. The fraction of sp³-hybridized carbons (Fsp3) is 0.250. The van der Waals surface area contributed by atoms with Crippen LogP contribution in [0.25, 0.3) is 22.0 Å². The van der Waals surface area contributed by atoms with Crippen molar-refractivity contribution in [1.29, 1.82) is 5.26 Å². The standard InChI is InChI=1S/C24H22N6O/c1-24(2,13-25)20-9-16(6-7-27-20)22-23(31-22)29-21-10-18-8-15(4-5-17(18)11-28-21)19-12-26-14-30(19)3/h4-12,14,22-23H,1-3H3,(H,28,29). The molecule has 1 saturated heterocycles. The van der Waals surface area contributed by atoms with Gasteiger partial charge in [0.15, 0.2) is 6.23 Å². The molecule has 7 nitrogen and oxygen atoms in total. The number of pyridine rings is 2. The second-order valence-electron chi connectivity index (χ2n) is 8.35. The highest BCUT2D eigenvalue weighted by Crippen LogP contribution is 2.40. The molecule has 0 spiro atoms. The maximum Gasteiger partial charge on any atom is 0.160 e. The first-order chi connectivity index (χ1) is 14.9. The first-order valence-corrected chi connectivity index (χ1v) is 10.1. The Hall–Kier alpha value is -3.76. The summed E-state index contributed by atoms with van der Waals surface area (Å²) in [5, 5.41) is 14.9. The SMILES string of the molecule is Cn1cncc1-c1ccc2cnc(NC3OC3c3ccnc(C(C)(C)C#N)c3)cc2c1. The number of imidazole rings is 1. The summed E-state index contributed by atoms with van der Waals surface area (Å²) in [7, 11) is 1.99. The third kappa shape index (κ3) is 3.62. The molecule has 31 heavy (non-hydrogen) atoms. The fourth-order valence-electron chi connectivity index (χ4n) is 3.66.